The van der Waals surface area contributed by atoms with Gasteiger partial charge in [0.05, 0.1) is 18.3 Å². The van der Waals surface area contributed by atoms with Crippen LogP contribution in [0.3, 0.4) is 0 Å². The van der Waals surface area contributed by atoms with E-state index in [1.807, 2.05) is 6.07 Å². The van der Waals surface area contributed by atoms with Gasteiger partial charge in [0.15, 0.2) is 0 Å². The van der Waals surface area contributed by atoms with Crippen molar-refractivity contribution in [2.45, 2.75) is 16.9 Å². The van der Waals surface area contributed by atoms with Gasteiger partial charge in [-0.05, 0) is 59.8 Å². The maximum absolute atomic E-state index is 12.9. The summed E-state index contributed by atoms with van der Waals surface area (Å²) < 4.78 is 42.7. The number of ether oxygens (including phenoxy) is 1. The van der Waals surface area contributed by atoms with Crippen molar-refractivity contribution in [1.82, 2.24) is 9.88 Å². The minimum atomic E-state index is -4.41. The highest BCUT2D eigenvalue weighted by Gasteiger charge is 2.37. The van der Waals surface area contributed by atoms with E-state index in [4.69, 9.17) is 4.74 Å². The van der Waals surface area contributed by atoms with Gasteiger partial charge in [0.25, 0.3) is 5.91 Å². The molecule has 1 aliphatic rings. The number of hydrogen-bond acceptors (Lipinski definition) is 5. The molecule has 1 aliphatic heterocycles. The number of rotatable bonds is 5. The number of alkyl halides is 3. The van der Waals surface area contributed by atoms with Crippen LogP contribution in [0.1, 0.15) is 5.56 Å². The van der Waals surface area contributed by atoms with Crippen LogP contribution in [0.5, 0.6) is 5.75 Å². The van der Waals surface area contributed by atoms with Crippen molar-refractivity contribution in [2.75, 3.05) is 18.6 Å². The zero-order valence-electron chi connectivity index (χ0n) is 16.2. The second-order valence-electron chi connectivity index (χ2n) is 6.76. The van der Waals surface area contributed by atoms with Gasteiger partial charge >= 0.3 is 11.5 Å². The molecule has 0 atom stereocenters. The van der Waals surface area contributed by atoms with E-state index in [1.165, 1.54) is 29.2 Å². The van der Waals surface area contributed by atoms with Gasteiger partial charge in [-0.15, -0.1) is 0 Å². The molecule has 4 rings (SSSR count). The number of hydrogen-bond donors (Lipinski definition) is 0. The first-order valence-electron chi connectivity index (χ1n) is 9.14. The number of benzene rings is 2. The number of carbonyl (C=O) groups excluding carboxylic acids is 2. The molecule has 10 heteroatoms. The summed E-state index contributed by atoms with van der Waals surface area (Å²) in [5.41, 5.74) is -2.67. The number of methoxy groups -OCH3 is 1. The van der Waals surface area contributed by atoms with Crippen LogP contribution in [0.25, 0.3) is 10.9 Å². The van der Waals surface area contributed by atoms with Crippen LogP contribution in [0.4, 0.5) is 23.7 Å². The van der Waals surface area contributed by atoms with Gasteiger partial charge in [0.1, 0.15) is 12.3 Å². The maximum atomic E-state index is 12.9. The minimum Gasteiger partial charge on any atom is -0.497 e. The molecule has 3 aromatic rings. The molecule has 1 saturated heterocycles. The lowest BCUT2D eigenvalue weighted by atomic mass is 10.1. The van der Waals surface area contributed by atoms with Gasteiger partial charge in [0.2, 0.25) is 0 Å². The van der Waals surface area contributed by atoms with Crippen LogP contribution >= 0.6 is 11.8 Å². The van der Waals surface area contributed by atoms with E-state index in [-0.39, 0.29) is 35.4 Å². The summed E-state index contributed by atoms with van der Waals surface area (Å²) in [4.78, 5) is 32.0. The van der Waals surface area contributed by atoms with Crippen LogP contribution in [0.2, 0.25) is 0 Å². The molecular weight excluding hydrogens is 431 g/mol. The van der Waals surface area contributed by atoms with Gasteiger partial charge < -0.3 is 9.64 Å². The fourth-order valence-corrected chi connectivity index (χ4v) is 3.92. The van der Waals surface area contributed by atoms with Crippen LogP contribution in [0, 0.1) is 0 Å². The molecular formula is C21H16F3N3O3S. The average Bonchev–Trinajstić information content (AvgIpc) is 3.00. The number of thioether (sulfide) groups is 1. The third-order valence-electron chi connectivity index (χ3n) is 4.77. The summed E-state index contributed by atoms with van der Waals surface area (Å²) in [6.07, 6.45) is 1.62. The topological polar surface area (TPSA) is 62.7 Å². The Hall–Kier alpha value is -3.27. The summed E-state index contributed by atoms with van der Waals surface area (Å²) >= 11 is -0.254. The van der Waals surface area contributed by atoms with Gasteiger partial charge in [0, 0.05) is 29.1 Å². The fraction of sp³-hybridized carbons (Fsp3) is 0.190. The molecule has 6 nitrogen and oxygen atoms in total. The maximum Gasteiger partial charge on any atom is 0.446 e. The number of anilines is 1. The number of nitrogens with zero attached hydrogens (tertiary/aromatic N) is 3. The molecule has 0 aliphatic carbocycles. The lowest BCUT2D eigenvalue weighted by Gasteiger charge is -2.18. The van der Waals surface area contributed by atoms with Crippen molar-refractivity contribution < 1.29 is 27.5 Å². The van der Waals surface area contributed by atoms with E-state index in [1.54, 1.807) is 31.5 Å². The van der Waals surface area contributed by atoms with Crippen LogP contribution in [-0.4, -0.2) is 41.0 Å². The quantitative estimate of drug-likeness (QED) is 0.414. The van der Waals surface area contributed by atoms with Crippen molar-refractivity contribution in [3.63, 3.8) is 0 Å². The van der Waals surface area contributed by atoms with E-state index in [2.05, 4.69) is 4.98 Å². The number of fused-ring (bicyclic) bond motifs is 1. The van der Waals surface area contributed by atoms with Gasteiger partial charge in [-0.2, -0.15) is 13.2 Å². The summed E-state index contributed by atoms with van der Waals surface area (Å²) in [5.74, 6) is 0.212. The van der Waals surface area contributed by atoms with E-state index in [0.717, 1.165) is 15.8 Å². The SMILES string of the molecule is COc1ccc2c(CN3CC(=O)N(c4ccc(SC(F)(F)F)cc4)C3=O)ccnc2c1. The zero-order valence-corrected chi connectivity index (χ0v) is 17.0. The molecule has 1 aromatic heterocycles. The number of amides is 3. The van der Waals surface area contributed by atoms with Crippen molar-refractivity contribution in [2.24, 2.45) is 0 Å². The number of pyridine rings is 1. The minimum absolute atomic E-state index is 0.0223. The number of carbonyl (C=O) groups is 2. The molecule has 0 spiro atoms. The molecule has 0 N–H and O–H groups in total. The van der Waals surface area contributed by atoms with Crippen molar-refractivity contribution in [1.29, 1.82) is 0 Å². The Balaban J connectivity index is 1.54. The Morgan fingerprint density at radius 1 is 1.10 bits per heavy atom. The van der Waals surface area contributed by atoms with Crippen LogP contribution in [-0.2, 0) is 11.3 Å². The molecule has 3 amide bonds. The molecule has 1 fully saturated rings. The van der Waals surface area contributed by atoms with Gasteiger partial charge in [-0.3, -0.25) is 9.78 Å². The molecule has 0 radical (unpaired) electrons. The predicted molar refractivity (Wildman–Crippen MR) is 110 cm³/mol. The summed E-state index contributed by atoms with van der Waals surface area (Å²) in [5, 5.41) is 0.829. The third-order valence-corrected chi connectivity index (χ3v) is 5.51. The lowest BCUT2D eigenvalue weighted by Crippen LogP contribution is -2.32. The largest absolute Gasteiger partial charge is 0.497 e. The molecule has 0 unspecified atom stereocenters. The van der Waals surface area contributed by atoms with E-state index in [9.17, 15) is 22.8 Å². The van der Waals surface area contributed by atoms with Gasteiger partial charge in [-0.25, -0.2) is 9.69 Å². The first-order valence-corrected chi connectivity index (χ1v) is 9.96. The smallest absolute Gasteiger partial charge is 0.446 e. The first kappa shape index (κ1) is 21.0. The van der Waals surface area contributed by atoms with E-state index in [0.29, 0.717) is 11.3 Å². The number of halogens is 3. The molecule has 31 heavy (non-hydrogen) atoms. The second-order valence-corrected chi connectivity index (χ2v) is 7.90. The Bertz CT molecular complexity index is 1150. The van der Waals surface area contributed by atoms with Crippen molar-refractivity contribution in [3.05, 3.63) is 60.3 Å². The normalized spacial score (nSPS) is 14.6. The Labute approximate surface area is 179 Å². The fourth-order valence-electron chi connectivity index (χ4n) is 3.38. The standard InChI is InChI=1S/C21H16F3N3O3S/c1-30-15-4-7-17-13(8-9-25-18(17)10-15)11-26-12-19(28)27(20(26)29)14-2-5-16(6-3-14)31-21(22,23)24/h2-10H,11-12H2,1H3. The van der Waals surface area contributed by atoms with Gasteiger partial charge in [-0.1, -0.05) is 0 Å². The molecule has 2 heterocycles. The van der Waals surface area contributed by atoms with Crippen LogP contribution in [0.15, 0.2) is 59.6 Å². The monoisotopic (exact) mass is 447 g/mol. The lowest BCUT2D eigenvalue weighted by molar-refractivity contribution is -0.116. The second kappa shape index (κ2) is 8.10. The molecule has 0 bridgehead atoms. The first-order chi connectivity index (χ1) is 14.7. The van der Waals surface area contributed by atoms with Crippen LogP contribution < -0.4 is 9.64 Å². The number of aromatic nitrogens is 1. The number of imide groups is 1. The van der Waals surface area contributed by atoms with Crippen molar-refractivity contribution in [3.8, 4) is 5.75 Å². The third kappa shape index (κ3) is 4.43. The van der Waals surface area contributed by atoms with E-state index < -0.39 is 17.4 Å². The highest BCUT2D eigenvalue weighted by molar-refractivity contribution is 8.00. The Kier molecular flexibility index (Phi) is 5.48. The molecule has 0 saturated carbocycles. The Morgan fingerprint density at radius 2 is 1.84 bits per heavy atom. The Morgan fingerprint density at radius 3 is 2.52 bits per heavy atom. The molecule has 160 valence electrons. The summed E-state index contributed by atoms with van der Waals surface area (Å²) in [6.45, 7) is 0.0618. The highest BCUT2D eigenvalue weighted by Crippen LogP contribution is 2.37. The summed E-state index contributed by atoms with van der Waals surface area (Å²) in [6, 6.07) is 11.8. The zero-order chi connectivity index (χ0) is 22.2. The highest BCUT2D eigenvalue weighted by atomic mass is 32.2. The predicted octanol–water partition coefficient (Wildman–Crippen LogP) is 4.82. The molecule has 2 aromatic carbocycles. The van der Waals surface area contributed by atoms with Crippen molar-refractivity contribution >= 4 is 40.3 Å². The number of urea groups is 1. The van der Waals surface area contributed by atoms with E-state index >= 15 is 0 Å². The average molecular weight is 447 g/mol. The summed E-state index contributed by atoms with van der Waals surface area (Å²) in [7, 11) is 1.56.